The fraction of sp³-hybridized carbons (Fsp3) is 0.429. The molecule has 100 valence electrons. The molecular formula is C14H16FN3O. The van der Waals surface area contributed by atoms with E-state index in [2.05, 4.69) is 5.32 Å². The van der Waals surface area contributed by atoms with E-state index in [4.69, 9.17) is 5.26 Å². The first-order chi connectivity index (χ1) is 9.15. The minimum Gasteiger partial charge on any atom is -0.336 e. The number of nitrogens with one attached hydrogen (secondary N) is 1. The van der Waals surface area contributed by atoms with Crippen molar-refractivity contribution in [2.24, 2.45) is 0 Å². The van der Waals surface area contributed by atoms with Gasteiger partial charge in [-0.1, -0.05) is 13.0 Å². The number of rotatable bonds is 3. The number of carbonyl (C=O) groups is 1. The van der Waals surface area contributed by atoms with Gasteiger partial charge in [0.05, 0.1) is 11.6 Å². The first-order valence-electron chi connectivity index (χ1n) is 6.36. The monoisotopic (exact) mass is 261 g/mol. The number of hydrogen-bond acceptors (Lipinski definition) is 3. The Labute approximate surface area is 111 Å². The van der Waals surface area contributed by atoms with E-state index in [0.717, 1.165) is 18.5 Å². The van der Waals surface area contributed by atoms with E-state index < -0.39 is 5.82 Å². The van der Waals surface area contributed by atoms with Crippen LogP contribution in [0.2, 0.25) is 0 Å². The van der Waals surface area contributed by atoms with Crippen LogP contribution in [-0.2, 0) is 11.3 Å². The Hall–Kier alpha value is -1.93. The Morgan fingerprint density at radius 1 is 1.58 bits per heavy atom. The first kappa shape index (κ1) is 13.5. The van der Waals surface area contributed by atoms with Gasteiger partial charge < -0.3 is 10.2 Å². The lowest BCUT2D eigenvalue weighted by Crippen LogP contribution is -2.54. The van der Waals surface area contributed by atoms with Crippen LogP contribution >= 0.6 is 0 Å². The zero-order chi connectivity index (χ0) is 13.8. The van der Waals surface area contributed by atoms with E-state index in [1.807, 2.05) is 13.0 Å². The molecule has 1 aliphatic rings. The summed E-state index contributed by atoms with van der Waals surface area (Å²) in [5, 5.41) is 12.0. The van der Waals surface area contributed by atoms with Crippen molar-refractivity contribution < 1.29 is 9.18 Å². The lowest BCUT2D eigenvalue weighted by Gasteiger charge is -2.32. The topological polar surface area (TPSA) is 56.1 Å². The Kier molecular flexibility index (Phi) is 4.13. The minimum atomic E-state index is -0.524. The second kappa shape index (κ2) is 5.81. The fourth-order valence-electron chi connectivity index (χ4n) is 2.24. The molecule has 0 aliphatic carbocycles. The molecule has 1 atom stereocenters. The molecule has 19 heavy (non-hydrogen) atoms. The van der Waals surface area contributed by atoms with E-state index in [0.29, 0.717) is 13.1 Å². The molecule has 1 fully saturated rings. The maximum absolute atomic E-state index is 13.2. The zero-order valence-corrected chi connectivity index (χ0v) is 10.8. The van der Waals surface area contributed by atoms with Crippen LogP contribution in [0.15, 0.2) is 18.2 Å². The summed E-state index contributed by atoms with van der Waals surface area (Å²) in [7, 11) is 0. The van der Waals surface area contributed by atoms with Crippen molar-refractivity contribution in [1.29, 1.82) is 5.26 Å². The van der Waals surface area contributed by atoms with Gasteiger partial charge in [0.25, 0.3) is 0 Å². The van der Waals surface area contributed by atoms with Crippen LogP contribution in [0.3, 0.4) is 0 Å². The quantitative estimate of drug-likeness (QED) is 0.895. The van der Waals surface area contributed by atoms with Gasteiger partial charge in [0.15, 0.2) is 0 Å². The van der Waals surface area contributed by atoms with Crippen LogP contribution in [-0.4, -0.2) is 29.9 Å². The standard InChI is InChI=1S/C14H16FN3O/c1-2-13-14(19)18(6-5-17-13)9-10-3-4-12(15)11(7-10)8-16/h3-4,7,13,17H,2,5-6,9H2,1H3. The highest BCUT2D eigenvalue weighted by molar-refractivity contribution is 5.82. The molecule has 4 nitrogen and oxygen atoms in total. The summed E-state index contributed by atoms with van der Waals surface area (Å²) in [6, 6.07) is 6.08. The van der Waals surface area contributed by atoms with Gasteiger partial charge in [-0.25, -0.2) is 4.39 Å². The summed E-state index contributed by atoms with van der Waals surface area (Å²) in [6.45, 7) is 3.78. The highest BCUT2D eigenvalue weighted by Gasteiger charge is 2.26. The Morgan fingerprint density at radius 3 is 3.05 bits per heavy atom. The highest BCUT2D eigenvalue weighted by Crippen LogP contribution is 2.14. The molecule has 1 amide bonds. The number of nitriles is 1. The van der Waals surface area contributed by atoms with Crippen molar-refractivity contribution in [3.8, 4) is 6.07 Å². The number of halogens is 1. The van der Waals surface area contributed by atoms with Gasteiger partial charge in [-0.2, -0.15) is 5.26 Å². The predicted octanol–water partition coefficient (Wildman–Crippen LogP) is 1.41. The molecule has 1 N–H and O–H groups in total. The van der Waals surface area contributed by atoms with Crippen LogP contribution in [0.25, 0.3) is 0 Å². The van der Waals surface area contributed by atoms with E-state index in [1.165, 1.54) is 12.1 Å². The fourth-order valence-corrected chi connectivity index (χ4v) is 2.24. The van der Waals surface area contributed by atoms with Crippen LogP contribution in [0.4, 0.5) is 4.39 Å². The highest BCUT2D eigenvalue weighted by atomic mass is 19.1. The van der Waals surface area contributed by atoms with E-state index in [1.54, 1.807) is 11.0 Å². The summed E-state index contributed by atoms with van der Waals surface area (Å²) in [5.41, 5.74) is 0.801. The molecule has 1 aliphatic heterocycles. The van der Waals surface area contributed by atoms with Crippen molar-refractivity contribution in [3.05, 3.63) is 35.1 Å². The first-order valence-corrected chi connectivity index (χ1v) is 6.36. The lowest BCUT2D eigenvalue weighted by molar-refractivity contribution is -0.136. The van der Waals surface area contributed by atoms with E-state index in [-0.39, 0.29) is 17.5 Å². The van der Waals surface area contributed by atoms with Crippen LogP contribution in [0.5, 0.6) is 0 Å². The average molecular weight is 261 g/mol. The molecule has 1 saturated heterocycles. The third-order valence-electron chi connectivity index (χ3n) is 3.32. The number of benzene rings is 1. The number of piperazine rings is 1. The summed E-state index contributed by atoms with van der Waals surface area (Å²) >= 11 is 0. The van der Waals surface area contributed by atoms with Gasteiger partial charge >= 0.3 is 0 Å². The molecule has 0 bridgehead atoms. The smallest absolute Gasteiger partial charge is 0.240 e. The third-order valence-corrected chi connectivity index (χ3v) is 3.32. The van der Waals surface area contributed by atoms with E-state index >= 15 is 0 Å². The number of nitrogens with zero attached hydrogens (tertiary/aromatic N) is 2. The van der Waals surface area contributed by atoms with Gasteiger partial charge in [-0.05, 0) is 24.1 Å². The predicted molar refractivity (Wildman–Crippen MR) is 68.6 cm³/mol. The van der Waals surface area contributed by atoms with Crippen LogP contribution < -0.4 is 5.32 Å². The van der Waals surface area contributed by atoms with Crippen molar-refractivity contribution in [1.82, 2.24) is 10.2 Å². The molecule has 0 spiro atoms. The molecular weight excluding hydrogens is 245 g/mol. The molecule has 1 aromatic carbocycles. The van der Waals surface area contributed by atoms with Crippen molar-refractivity contribution in [2.45, 2.75) is 25.9 Å². The average Bonchev–Trinajstić information content (AvgIpc) is 2.43. The normalized spacial score (nSPS) is 19.3. The second-order valence-electron chi connectivity index (χ2n) is 4.60. The number of hydrogen-bond donors (Lipinski definition) is 1. The molecule has 1 heterocycles. The molecule has 0 saturated carbocycles. The summed E-state index contributed by atoms with van der Waals surface area (Å²) < 4.78 is 13.2. The number of carbonyl (C=O) groups excluding carboxylic acids is 1. The zero-order valence-electron chi connectivity index (χ0n) is 10.8. The van der Waals surface area contributed by atoms with Crippen LogP contribution in [0.1, 0.15) is 24.5 Å². The molecule has 5 heteroatoms. The van der Waals surface area contributed by atoms with Gasteiger partial charge in [0, 0.05) is 19.6 Å². The maximum Gasteiger partial charge on any atom is 0.240 e. The molecule has 1 unspecified atom stereocenters. The largest absolute Gasteiger partial charge is 0.336 e. The minimum absolute atomic E-state index is 0.0205. The second-order valence-corrected chi connectivity index (χ2v) is 4.60. The van der Waals surface area contributed by atoms with Crippen molar-refractivity contribution in [2.75, 3.05) is 13.1 Å². The molecule has 1 aromatic rings. The van der Waals surface area contributed by atoms with Crippen molar-refractivity contribution in [3.63, 3.8) is 0 Å². The molecule has 2 rings (SSSR count). The van der Waals surface area contributed by atoms with Gasteiger partial charge in [-0.3, -0.25) is 4.79 Å². The summed E-state index contributed by atoms with van der Waals surface area (Å²) in [5.74, 6) is -0.457. The van der Waals surface area contributed by atoms with Crippen LogP contribution in [0, 0.1) is 17.1 Å². The Bertz CT molecular complexity index is 524. The summed E-state index contributed by atoms with van der Waals surface area (Å²) in [4.78, 5) is 13.9. The van der Waals surface area contributed by atoms with Gasteiger partial charge in [0.1, 0.15) is 11.9 Å². The van der Waals surface area contributed by atoms with E-state index in [9.17, 15) is 9.18 Å². The van der Waals surface area contributed by atoms with Gasteiger partial charge in [0.2, 0.25) is 5.91 Å². The molecule has 0 radical (unpaired) electrons. The third kappa shape index (κ3) is 2.91. The van der Waals surface area contributed by atoms with Gasteiger partial charge in [-0.15, -0.1) is 0 Å². The maximum atomic E-state index is 13.2. The number of amides is 1. The Balaban J connectivity index is 2.13. The lowest BCUT2D eigenvalue weighted by atomic mass is 10.1. The summed E-state index contributed by atoms with van der Waals surface area (Å²) in [6.07, 6.45) is 0.752. The Morgan fingerprint density at radius 2 is 2.37 bits per heavy atom. The SMILES string of the molecule is CCC1NCCN(Cc2ccc(F)c(C#N)c2)C1=O. The van der Waals surface area contributed by atoms with Crippen molar-refractivity contribution >= 4 is 5.91 Å². The molecule has 0 aromatic heterocycles.